The Kier molecular flexibility index (Phi) is 5.41. The van der Waals surface area contributed by atoms with E-state index in [1.807, 2.05) is 12.1 Å². The van der Waals surface area contributed by atoms with Gasteiger partial charge in [-0.2, -0.15) is 0 Å². The van der Waals surface area contributed by atoms with E-state index in [9.17, 15) is 19.2 Å². The van der Waals surface area contributed by atoms with Gasteiger partial charge >= 0.3 is 6.03 Å². The summed E-state index contributed by atoms with van der Waals surface area (Å²) in [7, 11) is 0. The summed E-state index contributed by atoms with van der Waals surface area (Å²) in [6.45, 7) is 0.538. The molecule has 8 nitrogen and oxygen atoms in total. The van der Waals surface area contributed by atoms with Crippen molar-refractivity contribution in [3.8, 4) is 0 Å². The van der Waals surface area contributed by atoms with E-state index >= 15 is 0 Å². The molecule has 0 radical (unpaired) electrons. The van der Waals surface area contributed by atoms with Crippen LogP contribution >= 0.6 is 11.6 Å². The number of carbonyl (C=O) groups is 4. The van der Waals surface area contributed by atoms with Crippen molar-refractivity contribution in [1.29, 1.82) is 0 Å². The summed E-state index contributed by atoms with van der Waals surface area (Å²) < 4.78 is 0. The number of piperidine rings is 1. The molecule has 4 rings (SSSR count). The normalized spacial score (nSPS) is 18.1. The number of nitrogens with one attached hydrogen (secondary N) is 3. The SMILES string of the molecule is O=C1CCC(N2Cc3ccc(CNC(=O)Nc4ccccc4Cl)cc3C2=O)C(=O)N1. The van der Waals surface area contributed by atoms with Crippen LogP contribution < -0.4 is 16.0 Å². The molecular weight excluding hydrogens is 408 g/mol. The van der Waals surface area contributed by atoms with Crippen LogP contribution in [-0.4, -0.2) is 34.7 Å². The van der Waals surface area contributed by atoms with Gasteiger partial charge in [0.15, 0.2) is 0 Å². The Morgan fingerprint density at radius 2 is 1.97 bits per heavy atom. The zero-order valence-electron chi connectivity index (χ0n) is 15.9. The second-order valence-corrected chi connectivity index (χ2v) is 7.59. The van der Waals surface area contributed by atoms with Gasteiger partial charge in [0.05, 0.1) is 10.7 Å². The third-order valence-electron chi connectivity index (χ3n) is 5.17. The Labute approximate surface area is 177 Å². The number of nitrogens with zero attached hydrogens (tertiary/aromatic N) is 1. The maximum atomic E-state index is 12.8. The summed E-state index contributed by atoms with van der Waals surface area (Å²) in [5.41, 5.74) is 2.57. The number of urea groups is 1. The fourth-order valence-corrected chi connectivity index (χ4v) is 3.81. The van der Waals surface area contributed by atoms with Gasteiger partial charge in [-0.05, 0) is 35.7 Å². The van der Waals surface area contributed by atoms with Gasteiger partial charge in [-0.15, -0.1) is 0 Å². The van der Waals surface area contributed by atoms with Crippen molar-refractivity contribution < 1.29 is 19.2 Å². The summed E-state index contributed by atoms with van der Waals surface area (Å²) >= 11 is 6.03. The lowest BCUT2D eigenvalue weighted by Crippen LogP contribution is -2.52. The van der Waals surface area contributed by atoms with E-state index in [1.54, 1.807) is 30.3 Å². The quantitative estimate of drug-likeness (QED) is 0.652. The summed E-state index contributed by atoms with van der Waals surface area (Å²) in [6, 6.07) is 11.2. The molecule has 2 aromatic rings. The smallest absolute Gasteiger partial charge is 0.319 e. The highest BCUT2D eigenvalue weighted by atomic mass is 35.5. The number of anilines is 1. The van der Waals surface area contributed by atoms with Crippen molar-refractivity contribution in [3.05, 3.63) is 64.2 Å². The summed E-state index contributed by atoms with van der Waals surface area (Å²) in [5.74, 6) is -1.00. The molecule has 2 aliphatic heterocycles. The molecule has 30 heavy (non-hydrogen) atoms. The molecule has 1 atom stereocenters. The minimum absolute atomic E-state index is 0.215. The molecule has 1 fully saturated rings. The van der Waals surface area contributed by atoms with Crippen LogP contribution in [0.2, 0.25) is 5.02 Å². The number of rotatable bonds is 4. The van der Waals surface area contributed by atoms with Crippen LogP contribution in [0.5, 0.6) is 0 Å². The molecule has 1 unspecified atom stereocenters. The van der Waals surface area contributed by atoms with E-state index in [0.29, 0.717) is 29.2 Å². The fraction of sp³-hybridized carbons (Fsp3) is 0.238. The van der Waals surface area contributed by atoms with E-state index < -0.39 is 18.0 Å². The lowest BCUT2D eigenvalue weighted by molar-refractivity contribution is -0.136. The zero-order valence-corrected chi connectivity index (χ0v) is 16.7. The van der Waals surface area contributed by atoms with Crippen LogP contribution in [-0.2, 0) is 22.7 Å². The lowest BCUT2D eigenvalue weighted by Gasteiger charge is -2.29. The van der Waals surface area contributed by atoms with E-state index in [4.69, 9.17) is 11.6 Å². The summed E-state index contributed by atoms with van der Waals surface area (Å²) in [4.78, 5) is 49.9. The molecule has 3 N–H and O–H groups in total. The average molecular weight is 427 g/mol. The first-order valence-electron chi connectivity index (χ1n) is 9.48. The number of carbonyl (C=O) groups excluding carboxylic acids is 4. The van der Waals surface area contributed by atoms with Gasteiger partial charge < -0.3 is 15.5 Å². The highest BCUT2D eigenvalue weighted by Crippen LogP contribution is 2.28. The molecule has 2 aromatic carbocycles. The van der Waals surface area contributed by atoms with E-state index in [0.717, 1.165) is 11.1 Å². The van der Waals surface area contributed by atoms with Gasteiger partial charge in [0.2, 0.25) is 11.8 Å². The number of hydrogen-bond donors (Lipinski definition) is 3. The first-order chi connectivity index (χ1) is 14.4. The number of halogens is 1. The van der Waals surface area contributed by atoms with E-state index in [2.05, 4.69) is 16.0 Å². The lowest BCUT2D eigenvalue weighted by atomic mass is 10.0. The van der Waals surface area contributed by atoms with Gasteiger partial charge in [0, 0.05) is 25.1 Å². The molecule has 5 amide bonds. The Morgan fingerprint density at radius 3 is 2.73 bits per heavy atom. The molecule has 9 heteroatoms. The number of hydrogen-bond acceptors (Lipinski definition) is 4. The topological polar surface area (TPSA) is 108 Å². The zero-order chi connectivity index (χ0) is 21.3. The first kappa shape index (κ1) is 19.9. The molecule has 0 saturated carbocycles. The molecule has 0 aromatic heterocycles. The van der Waals surface area contributed by atoms with Crippen LogP contribution in [0, 0.1) is 0 Å². The molecule has 0 aliphatic carbocycles. The molecule has 0 spiro atoms. The first-order valence-corrected chi connectivity index (χ1v) is 9.86. The second kappa shape index (κ2) is 8.16. The molecular formula is C21H19ClN4O4. The van der Waals surface area contributed by atoms with E-state index in [1.165, 1.54) is 4.90 Å². The average Bonchev–Trinajstić information content (AvgIpc) is 3.04. The number of fused-ring (bicyclic) bond motifs is 1. The van der Waals surface area contributed by atoms with E-state index in [-0.39, 0.29) is 24.8 Å². The maximum Gasteiger partial charge on any atom is 0.319 e. The highest BCUT2D eigenvalue weighted by Gasteiger charge is 2.39. The summed E-state index contributed by atoms with van der Waals surface area (Å²) in [5, 5.41) is 8.12. The van der Waals surface area contributed by atoms with Gasteiger partial charge in [0.1, 0.15) is 6.04 Å². The van der Waals surface area contributed by atoms with Crippen molar-refractivity contribution in [3.63, 3.8) is 0 Å². The standard InChI is InChI=1S/C21H19ClN4O4/c22-15-3-1-2-4-16(15)24-21(30)23-10-12-5-6-13-11-26(20(29)14(13)9-12)17-7-8-18(27)25-19(17)28/h1-6,9,17H,7-8,10-11H2,(H2,23,24,30)(H,25,27,28). The molecule has 2 aliphatic rings. The van der Waals surface area contributed by atoms with Gasteiger partial charge in [-0.1, -0.05) is 35.9 Å². The van der Waals surface area contributed by atoms with Crippen molar-refractivity contribution in [2.24, 2.45) is 0 Å². The Bertz CT molecular complexity index is 1060. The Hall–Kier alpha value is -3.39. The number of amides is 5. The van der Waals surface area contributed by atoms with Gasteiger partial charge in [-0.3, -0.25) is 19.7 Å². The molecule has 154 valence electrons. The number of imide groups is 1. The van der Waals surface area contributed by atoms with Crippen LogP contribution in [0.4, 0.5) is 10.5 Å². The van der Waals surface area contributed by atoms with Crippen molar-refractivity contribution in [2.75, 3.05) is 5.32 Å². The largest absolute Gasteiger partial charge is 0.334 e. The third kappa shape index (κ3) is 3.99. The highest BCUT2D eigenvalue weighted by molar-refractivity contribution is 6.33. The van der Waals surface area contributed by atoms with Crippen molar-refractivity contribution >= 4 is 41.0 Å². The monoisotopic (exact) mass is 426 g/mol. The molecule has 1 saturated heterocycles. The molecule has 0 bridgehead atoms. The number of benzene rings is 2. The predicted octanol–water partition coefficient (Wildman–Crippen LogP) is 2.42. The van der Waals surface area contributed by atoms with Gasteiger partial charge in [0.25, 0.3) is 5.91 Å². The Balaban J connectivity index is 1.40. The van der Waals surface area contributed by atoms with Crippen LogP contribution in [0.3, 0.4) is 0 Å². The van der Waals surface area contributed by atoms with Crippen LogP contribution in [0.15, 0.2) is 42.5 Å². The fourth-order valence-electron chi connectivity index (χ4n) is 3.62. The minimum atomic E-state index is -0.648. The maximum absolute atomic E-state index is 12.8. The minimum Gasteiger partial charge on any atom is -0.334 e. The van der Waals surface area contributed by atoms with Crippen molar-refractivity contribution in [2.45, 2.75) is 32.0 Å². The van der Waals surface area contributed by atoms with Crippen LogP contribution in [0.1, 0.15) is 34.3 Å². The third-order valence-corrected chi connectivity index (χ3v) is 5.50. The van der Waals surface area contributed by atoms with Crippen LogP contribution in [0.25, 0.3) is 0 Å². The predicted molar refractivity (Wildman–Crippen MR) is 110 cm³/mol. The summed E-state index contributed by atoms with van der Waals surface area (Å²) in [6.07, 6.45) is 0.535. The Morgan fingerprint density at radius 1 is 1.17 bits per heavy atom. The van der Waals surface area contributed by atoms with Crippen molar-refractivity contribution in [1.82, 2.24) is 15.5 Å². The molecule has 2 heterocycles. The number of para-hydroxylation sites is 1. The van der Waals surface area contributed by atoms with Gasteiger partial charge in [-0.25, -0.2) is 4.79 Å². The second-order valence-electron chi connectivity index (χ2n) is 7.18.